The summed E-state index contributed by atoms with van der Waals surface area (Å²) in [4.78, 5) is 16.3. The fourth-order valence-electron chi connectivity index (χ4n) is 3.16. The van der Waals surface area contributed by atoms with E-state index in [0.717, 1.165) is 12.1 Å². The quantitative estimate of drug-likeness (QED) is 0.491. The van der Waals surface area contributed by atoms with Gasteiger partial charge in [-0.05, 0) is 30.3 Å². The fraction of sp³-hybridized carbons (Fsp3) is 0.0952. The lowest BCUT2D eigenvalue weighted by Crippen LogP contribution is -2.04. The second kappa shape index (κ2) is 7.18. The van der Waals surface area contributed by atoms with Gasteiger partial charge < -0.3 is 9.84 Å². The third kappa shape index (κ3) is 3.45. The Morgan fingerprint density at radius 1 is 1.07 bits per heavy atom. The minimum atomic E-state index is -4.46. The van der Waals surface area contributed by atoms with Crippen molar-refractivity contribution in [1.82, 2.24) is 15.2 Å². The van der Waals surface area contributed by atoms with Gasteiger partial charge in [0.2, 0.25) is 0 Å². The van der Waals surface area contributed by atoms with E-state index in [1.54, 1.807) is 24.3 Å². The Labute approximate surface area is 168 Å². The number of alkyl halides is 3. The summed E-state index contributed by atoms with van der Waals surface area (Å²) in [6.45, 7) is 0. The molecule has 9 heteroatoms. The van der Waals surface area contributed by atoms with Crippen LogP contribution >= 0.6 is 0 Å². The first-order valence-electron chi connectivity index (χ1n) is 8.72. The minimum absolute atomic E-state index is 0.0681. The van der Waals surface area contributed by atoms with Crippen LogP contribution < -0.4 is 4.74 Å². The molecule has 0 radical (unpaired) electrons. The number of aromatic amines is 1. The average Bonchev–Trinajstić information content (AvgIpc) is 3.16. The van der Waals surface area contributed by atoms with E-state index < -0.39 is 17.7 Å². The number of halogens is 3. The van der Waals surface area contributed by atoms with Crippen LogP contribution in [0.4, 0.5) is 13.2 Å². The number of carbonyl (C=O) groups is 1. The van der Waals surface area contributed by atoms with E-state index in [4.69, 9.17) is 4.74 Å². The van der Waals surface area contributed by atoms with Crippen molar-refractivity contribution in [2.45, 2.75) is 6.18 Å². The SMILES string of the molecule is COc1cccc(-c2[nH]nc3nc(-c4ccc(C(F)(F)F)cc4)cc(C(=O)O)c23)c1. The molecular formula is C21H14F3N3O3. The van der Waals surface area contributed by atoms with Gasteiger partial charge in [-0.15, -0.1) is 0 Å². The van der Waals surface area contributed by atoms with E-state index >= 15 is 0 Å². The molecule has 4 aromatic rings. The molecule has 0 aliphatic carbocycles. The highest BCUT2D eigenvalue weighted by atomic mass is 19.4. The van der Waals surface area contributed by atoms with Crippen LogP contribution in [0, 0.1) is 0 Å². The van der Waals surface area contributed by atoms with Gasteiger partial charge in [0.05, 0.1) is 35.0 Å². The number of fused-ring (bicyclic) bond motifs is 1. The number of nitrogens with one attached hydrogen (secondary N) is 1. The van der Waals surface area contributed by atoms with Gasteiger partial charge in [0.25, 0.3) is 0 Å². The molecule has 0 aliphatic rings. The lowest BCUT2D eigenvalue weighted by Gasteiger charge is -2.09. The molecule has 0 unspecified atom stereocenters. The third-order valence-corrected chi connectivity index (χ3v) is 4.62. The predicted octanol–water partition coefficient (Wildman–Crippen LogP) is 5.02. The van der Waals surface area contributed by atoms with Crippen molar-refractivity contribution in [2.24, 2.45) is 0 Å². The summed E-state index contributed by atoms with van der Waals surface area (Å²) >= 11 is 0. The molecule has 0 atom stereocenters. The molecular weight excluding hydrogens is 399 g/mol. The summed E-state index contributed by atoms with van der Waals surface area (Å²) in [5, 5.41) is 17.0. The minimum Gasteiger partial charge on any atom is -0.497 e. The molecule has 0 spiro atoms. The zero-order valence-electron chi connectivity index (χ0n) is 15.5. The summed E-state index contributed by atoms with van der Waals surface area (Å²) in [5.74, 6) is -0.623. The second-order valence-electron chi connectivity index (χ2n) is 6.46. The maximum atomic E-state index is 12.8. The van der Waals surface area contributed by atoms with Crippen LogP contribution in [0.25, 0.3) is 33.5 Å². The van der Waals surface area contributed by atoms with Crippen molar-refractivity contribution in [1.29, 1.82) is 0 Å². The van der Waals surface area contributed by atoms with E-state index in [9.17, 15) is 23.1 Å². The Balaban J connectivity index is 1.87. The molecule has 2 N–H and O–H groups in total. The maximum Gasteiger partial charge on any atom is 0.416 e. The number of hydrogen-bond acceptors (Lipinski definition) is 4. The van der Waals surface area contributed by atoms with Crippen molar-refractivity contribution in [3.05, 3.63) is 65.7 Å². The molecule has 2 aromatic carbocycles. The number of rotatable bonds is 4. The van der Waals surface area contributed by atoms with Crippen molar-refractivity contribution in [2.75, 3.05) is 7.11 Å². The first kappa shape index (κ1) is 19.4. The largest absolute Gasteiger partial charge is 0.497 e. The summed E-state index contributed by atoms with van der Waals surface area (Å²) in [7, 11) is 1.52. The predicted molar refractivity (Wildman–Crippen MR) is 103 cm³/mol. The lowest BCUT2D eigenvalue weighted by molar-refractivity contribution is -0.137. The van der Waals surface area contributed by atoms with Crippen LogP contribution in [0.5, 0.6) is 5.75 Å². The highest BCUT2D eigenvalue weighted by Gasteiger charge is 2.30. The van der Waals surface area contributed by atoms with Gasteiger partial charge in [-0.2, -0.15) is 18.3 Å². The topological polar surface area (TPSA) is 88.1 Å². The smallest absolute Gasteiger partial charge is 0.416 e. The molecule has 0 fully saturated rings. The second-order valence-corrected chi connectivity index (χ2v) is 6.46. The van der Waals surface area contributed by atoms with E-state index in [1.165, 1.54) is 25.3 Å². The molecule has 2 aromatic heterocycles. The molecule has 6 nitrogen and oxygen atoms in total. The molecule has 4 rings (SSSR count). The number of H-pyrrole nitrogens is 1. The summed E-state index contributed by atoms with van der Waals surface area (Å²) in [6, 6.07) is 12.7. The fourth-order valence-corrected chi connectivity index (χ4v) is 3.16. The highest BCUT2D eigenvalue weighted by molar-refractivity contribution is 6.08. The number of aromatic nitrogens is 3. The zero-order valence-corrected chi connectivity index (χ0v) is 15.5. The van der Waals surface area contributed by atoms with Gasteiger partial charge in [-0.25, -0.2) is 9.78 Å². The van der Waals surface area contributed by atoms with Crippen molar-refractivity contribution in [3.63, 3.8) is 0 Å². The van der Waals surface area contributed by atoms with E-state index in [1.807, 2.05) is 0 Å². The Morgan fingerprint density at radius 2 is 1.80 bits per heavy atom. The van der Waals surface area contributed by atoms with Gasteiger partial charge >= 0.3 is 12.1 Å². The number of methoxy groups -OCH3 is 1. The monoisotopic (exact) mass is 413 g/mol. The van der Waals surface area contributed by atoms with Crippen LogP contribution in [0.2, 0.25) is 0 Å². The van der Waals surface area contributed by atoms with Gasteiger partial charge in [0.1, 0.15) is 5.75 Å². The average molecular weight is 413 g/mol. The molecule has 0 saturated heterocycles. The number of pyridine rings is 1. The van der Waals surface area contributed by atoms with Crippen LogP contribution in [0.15, 0.2) is 54.6 Å². The number of ether oxygens (including phenoxy) is 1. The van der Waals surface area contributed by atoms with Crippen LogP contribution in [0.1, 0.15) is 15.9 Å². The summed E-state index contributed by atoms with van der Waals surface area (Å²) < 4.78 is 43.6. The molecule has 152 valence electrons. The van der Waals surface area contributed by atoms with Gasteiger partial charge in [-0.1, -0.05) is 24.3 Å². The van der Waals surface area contributed by atoms with Crippen molar-refractivity contribution < 1.29 is 27.8 Å². The number of nitrogens with zero attached hydrogens (tertiary/aromatic N) is 2. The van der Waals surface area contributed by atoms with E-state index in [0.29, 0.717) is 28.0 Å². The maximum absolute atomic E-state index is 12.8. The Hall–Kier alpha value is -3.88. The van der Waals surface area contributed by atoms with Gasteiger partial charge in [0, 0.05) is 11.1 Å². The lowest BCUT2D eigenvalue weighted by atomic mass is 10.0. The number of carboxylic acid groups (broad SMARTS) is 1. The van der Waals surface area contributed by atoms with Crippen LogP contribution in [-0.2, 0) is 6.18 Å². The first-order valence-corrected chi connectivity index (χ1v) is 8.72. The molecule has 0 bridgehead atoms. The van der Waals surface area contributed by atoms with Gasteiger partial charge in [0.15, 0.2) is 5.65 Å². The van der Waals surface area contributed by atoms with Crippen molar-refractivity contribution >= 4 is 17.0 Å². The molecule has 30 heavy (non-hydrogen) atoms. The van der Waals surface area contributed by atoms with E-state index in [2.05, 4.69) is 15.2 Å². The third-order valence-electron chi connectivity index (χ3n) is 4.62. The van der Waals surface area contributed by atoms with Gasteiger partial charge in [-0.3, -0.25) is 5.10 Å². The number of benzene rings is 2. The Bertz CT molecular complexity index is 1250. The normalized spacial score (nSPS) is 11.6. The van der Waals surface area contributed by atoms with Crippen LogP contribution in [-0.4, -0.2) is 33.4 Å². The number of carboxylic acids is 1. The Kier molecular flexibility index (Phi) is 4.65. The standard InChI is InChI=1S/C21H14F3N3O3/c1-30-14-4-2-3-12(9-14)18-17-15(20(28)29)10-16(25-19(17)27-26-18)11-5-7-13(8-6-11)21(22,23)24/h2-10H,1H3,(H,28,29)(H,25,26,27). The van der Waals surface area contributed by atoms with Crippen molar-refractivity contribution in [3.8, 4) is 28.3 Å². The first-order chi connectivity index (χ1) is 14.3. The molecule has 2 heterocycles. The highest BCUT2D eigenvalue weighted by Crippen LogP contribution is 2.34. The molecule has 0 saturated carbocycles. The zero-order chi connectivity index (χ0) is 21.5. The molecule has 0 amide bonds. The molecule has 0 aliphatic heterocycles. The Morgan fingerprint density at radius 3 is 2.43 bits per heavy atom. The van der Waals surface area contributed by atoms with Crippen LogP contribution in [0.3, 0.4) is 0 Å². The summed E-state index contributed by atoms with van der Waals surface area (Å²) in [6.07, 6.45) is -4.46. The summed E-state index contributed by atoms with van der Waals surface area (Å²) in [5.41, 5.74) is 0.932. The number of aromatic carboxylic acids is 1. The number of hydrogen-bond donors (Lipinski definition) is 2. The van der Waals surface area contributed by atoms with E-state index in [-0.39, 0.29) is 16.9 Å².